The number of benzene rings is 3. The summed E-state index contributed by atoms with van der Waals surface area (Å²) in [6.45, 7) is 2.03. The van der Waals surface area contributed by atoms with E-state index < -0.39 is 11.2 Å². The third-order valence-electron chi connectivity index (χ3n) is 4.61. The Bertz CT molecular complexity index is 1160. The van der Waals surface area contributed by atoms with Gasteiger partial charge in [-0.15, -0.1) is 10.2 Å². The number of nitrogens with two attached hydrogens (primary N) is 1. The highest BCUT2D eigenvalue weighted by Crippen LogP contribution is 2.37. The fraction of sp³-hybridized carbons (Fsp3) is 0.0870. The van der Waals surface area contributed by atoms with E-state index in [-0.39, 0.29) is 0 Å². The maximum absolute atomic E-state index is 12.2. The van der Waals surface area contributed by atoms with Gasteiger partial charge in [-0.2, -0.15) is 0 Å². The fourth-order valence-electron chi connectivity index (χ4n) is 3.08. The van der Waals surface area contributed by atoms with Gasteiger partial charge in [0, 0.05) is 16.3 Å². The van der Waals surface area contributed by atoms with E-state index in [9.17, 15) is 4.79 Å². The Morgan fingerprint density at radius 2 is 1.63 bits per heavy atom. The standard InChI is InChI=1S/C23H19ClN4OS/c1-15-7-9-17(10-8-15)22-26-27-23(28(22)19-13-11-18(24)12-14-19)30-20(21(25)29)16-5-3-2-4-6-16/h2-14,20H,1H3,(H2,25,29). The van der Waals surface area contributed by atoms with Crippen molar-refractivity contribution in [3.05, 3.63) is 95.0 Å². The second-order valence-corrected chi connectivity index (χ2v) is 8.30. The number of rotatable bonds is 6. The summed E-state index contributed by atoms with van der Waals surface area (Å²) in [6, 6.07) is 24.9. The molecule has 5 nitrogen and oxygen atoms in total. The average Bonchev–Trinajstić information content (AvgIpc) is 3.17. The van der Waals surface area contributed by atoms with Crippen molar-refractivity contribution in [2.24, 2.45) is 5.73 Å². The predicted molar refractivity (Wildman–Crippen MR) is 121 cm³/mol. The number of hydrogen-bond acceptors (Lipinski definition) is 4. The van der Waals surface area contributed by atoms with Crippen molar-refractivity contribution >= 4 is 29.3 Å². The smallest absolute Gasteiger partial charge is 0.235 e. The number of aryl methyl sites for hydroxylation is 1. The minimum atomic E-state index is -0.590. The molecule has 3 aromatic carbocycles. The highest BCUT2D eigenvalue weighted by atomic mass is 35.5. The monoisotopic (exact) mass is 434 g/mol. The van der Waals surface area contributed by atoms with Crippen molar-refractivity contribution in [2.75, 3.05) is 0 Å². The lowest BCUT2D eigenvalue weighted by atomic mass is 10.1. The van der Waals surface area contributed by atoms with E-state index in [0.29, 0.717) is 16.0 Å². The van der Waals surface area contributed by atoms with Crippen LogP contribution in [0.15, 0.2) is 84.0 Å². The molecule has 30 heavy (non-hydrogen) atoms. The van der Waals surface area contributed by atoms with Crippen LogP contribution >= 0.6 is 23.4 Å². The number of halogens is 1. The number of carbonyl (C=O) groups is 1. The minimum absolute atomic E-state index is 0.436. The summed E-state index contributed by atoms with van der Waals surface area (Å²) in [4.78, 5) is 12.2. The van der Waals surface area contributed by atoms with Crippen LogP contribution < -0.4 is 5.73 Å². The van der Waals surface area contributed by atoms with Crippen LogP contribution in [0.2, 0.25) is 5.02 Å². The van der Waals surface area contributed by atoms with Crippen LogP contribution in [0, 0.1) is 6.92 Å². The fourth-order valence-corrected chi connectivity index (χ4v) is 4.21. The molecule has 1 atom stereocenters. The Kier molecular flexibility index (Phi) is 5.88. The summed E-state index contributed by atoms with van der Waals surface area (Å²) in [5.74, 6) is 0.241. The van der Waals surface area contributed by atoms with Gasteiger partial charge in [0.25, 0.3) is 0 Å². The van der Waals surface area contributed by atoms with Gasteiger partial charge in [-0.25, -0.2) is 0 Å². The van der Waals surface area contributed by atoms with Crippen LogP contribution in [-0.4, -0.2) is 20.7 Å². The van der Waals surface area contributed by atoms with Crippen molar-refractivity contribution in [2.45, 2.75) is 17.3 Å². The maximum Gasteiger partial charge on any atom is 0.235 e. The van der Waals surface area contributed by atoms with Crippen molar-refractivity contribution in [3.63, 3.8) is 0 Å². The number of aromatic nitrogens is 3. The van der Waals surface area contributed by atoms with Gasteiger partial charge < -0.3 is 5.73 Å². The quantitative estimate of drug-likeness (QED) is 0.422. The zero-order valence-electron chi connectivity index (χ0n) is 16.2. The Balaban J connectivity index is 1.82. The average molecular weight is 435 g/mol. The number of primary amides is 1. The van der Waals surface area contributed by atoms with Gasteiger partial charge in [0.15, 0.2) is 11.0 Å². The van der Waals surface area contributed by atoms with E-state index in [2.05, 4.69) is 10.2 Å². The van der Waals surface area contributed by atoms with Crippen LogP contribution in [0.25, 0.3) is 17.1 Å². The molecule has 1 unspecified atom stereocenters. The maximum atomic E-state index is 12.2. The van der Waals surface area contributed by atoms with Gasteiger partial charge in [0.05, 0.1) is 0 Å². The first kappa shape index (κ1) is 20.2. The summed E-state index contributed by atoms with van der Waals surface area (Å²) in [7, 11) is 0. The molecule has 0 spiro atoms. The molecule has 0 bridgehead atoms. The molecule has 0 fully saturated rings. The molecule has 1 heterocycles. The first-order valence-electron chi connectivity index (χ1n) is 9.32. The van der Waals surface area contributed by atoms with E-state index in [0.717, 1.165) is 22.4 Å². The third-order valence-corrected chi connectivity index (χ3v) is 6.08. The van der Waals surface area contributed by atoms with Crippen LogP contribution in [0.3, 0.4) is 0 Å². The van der Waals surface area contributed by atoms with Gasteiger partial charge in [0.1, 0.15) is 5.25 Å². The SMILES string of the molecule is Cc1ccc(-c2nnc(SC(C(N)=O)c3ccccc3)n2-c2ccc(Cl)cc2)cc1. The molecule has 2 N–H and O–H groups in total. The molecule has 0 saturated carbocycles. The Morgan fingerprint density at radius 3 is 2.27 bits per heavy atom. The molecule has 0 radical (unpaired) electrons. The molecule has 0 aliphatic heterocycles. The van der Waals surface area contributed by atoms with Gasteiger partial charge in [-0.05, 0) is 36.8 Å². The number of nitrogens with zero attached hydrogens (tertiary/aromatic N) is 3. The molecule has 0 aliphatic rings. The lowest BCUT2D eigenvalue weighted by Gasteiger charge is -2.15. The first-order valence-corrected chi connectivity index (χ1v) is 10.6. The van der Waals surface area contributed by atoms with E-state index in [1.54, 1.807) is 0 Å². The summed E-state index contributed by atoms with van der Waals surface area (Å²) < 4.78 is 1.92. The number of hydrogen-bond donors (Lipinski definition) is 1. The molecule has 1 aromatic heterocycles. The summed E-state index contributed by atoms with van der Waals surface area (Å²) in [5, 5.41) is 9.44. The van der Waals surface area contributed by atoms with Crippen molar-refractivity contribution < 1.29 is 4.79 Å². The summed E-state index contributed by atoms with van der Waals surface area (Å²) in [5.41, 5.74) is 9.47. The Hall–Kier alpha value is -3.09. The molecule has 1 amide bonds. The predicted octanol–water partition coefficient (Wildman–Crippen LogP) is 5.21. The first-order chi connectivity index (χ1) is 14.5. The Labute approximate surface area is 183 Å². The lowest BCUT2D eigenvalue weighted by molar-refractivity contribution is -0.117. The number of thioether (sulfide) groups is 1. The highest BCUT2D eigenvalue weighted by molar-refractivity contribution is 8.00. The summed E-state index contributed by atoms with van der Waals surface area (Å²) >= 11 is 7.36. The van der Waals surface area contributed by atoms with Gasteiger partial charge in [0.2, 0.25) is 5.91 Å². The third kappa shape index (κ3) is 4.25. The lowest BCUT2D eigenvalue weighted by Crippen LogP contribution is -2.19. The van der Waals surface area contributed by atoms with E-state index in [1.165, 1.54) is 11.8 Å². The molecular formula is C23H19ClN4OS. The molecule has 4 aromatic rings. The van der Waals surface area contributed by atoms with E-state index in [1.807, 2.05) is 90.4 Å². The van der Waals surface area contributed by atoms with E-state index in [4.69, 9.17) is 17.3 Å². The highest BCUT2D eigenvalue weighted by Gasteiger charge is 2.24. The minimum Gasteiger partial charge on any atom is -0.368 e. The second-order valence-electron chi connectivity index (χ2n) is 6.79. The molecule has 0 aliphatic carbocycles. The van der Waals surface area contributed by atoms with Crippen LogP contribution in [0.5, 0.6) is 0 Å². The molecule has 7 heteroatoms. The van der Waals surface area contributed by atoms with Gasteiger partial charge in [-0.1, -0.05) is 83.5 Å². The zero-order chi connectivity index (χ0) is 21.1. The van der Waals surface area contributed by atoms with Crippen molar-refractivity contribution in [1.82, 2.24) is 14.8 Å². The van der Waals surface area contributed by atoms with E-state index >= 15 is 0 Å². The number of carbonyl (C=O) groups excluding carboxylic acids is 1. The van der Waals surface area contributed by atoms with Crippen LogP contribution in [0.4, 0.5) is 0 Å². The molecule has 4 rings (SSSR count). The largest absolute Gasteiger partial charge is 0.368 e. The Morgan fingerprint density at radius 1 is 0.967 bits per heavy atom. The molecule has 0 saturated heterocycles. The van der Waals surface area contributed by atoms with Crippen LogP contribution in [0.1, 0.15) is 16.4 Å². The molecule has 150 valence electrons. The zero-order valence-corrected chi connectivity index (χ0v) is 17.8. The summed E-state index contributed by atoms with van der Waals surface area (Å²) in [6.07, 6.45) is 0. The van der Waals surface area contributed by atoms with Gasteiger partial charge >= 0.3 is 0 Å². The van der Waals surface area contributed by atoms with Crippen molar-refractivity contribution in [1.29, 1.82) is 0 Å². The van der Waals surface area contributed by atoms with Crippen LogP contribution in [-0.2, 0) is 4.79 Å². The van der Waals surface area contributed by atoms with Crippen molar-refractivity contribution in [3.8, 4) is 17.1 Å². The number of amides is 1. The second kappa shape index (κ2) is 8.73. The normalized spacial score (nSPS) is 11.9. The topological polar surface area (TPSA) is 73.8 Å². The molecular weight excluding hydrogens is 416 g/mol. The van der Waals surface area contributed by atoms with Gasteiger partial charge in [-0.3, -0.25) is 9.36 Å².